The third kappa shape index (κ3) is 8.85. The lowest BCUT2D eigenvalue weighted by Crippen LogP contribution is -2.55. The van der Waals surface area contributed by atoms with Crippen LogP contribution in [0, 0.1) is 0 Å². The van der Waals surface area contributed by atoms with Crippen molar-refractivity contribution >= 4 is 41.1 Å². The first-order valence-corrected chi connectivity index (χ1v) is 11.1. The van der Waals surface area contributed by atoms with E-state index in [2.05, 4.69) is 23.8 Å². The van der Waals surface area contributed by atoms with Crippen molar-refractivity contribution in [2.75, 3.05) is 19.1 Å². The highest BCUT2D eigenvalue weighted by Gasteiger charge is 2.34. The molecular weight excluding hydrogens is 404 g/mol. The summed E-state index contributed by atoms with van der Waals surface area (Å²) in [5.74, 6) is 1.24. The predicted molar refractivity (Wildman–Crippen MR) is 127 cm³/mol. The van der Waals surface area contributed by atoms with Gasteiger partial charge in [-0.25, -0.2) is 0 Å². The zero-order chi connectivity index (χ0) is 21.7. The number of rotatable bonds is 12. The molecule has 0 bridgehead atoms. The quantitative estimate of drug-likeness (QED) is 0.265. The van der Waals surface area contributed by atoms with Crippen molar-refractivity contribution in [3.63, 3.8) is 0 Å². The van der Waals surface area contributed by atoms with Crippen LogP contribution in [0.15, 0.2) is 55.7 Å². The molecule has 1 unspecified atom stereocenters. The maximum absolute atomic E-state index is 12.2. The summed E-state index contributed by atoms with van der Waals surface area (Å²) in [5.41, 5.74) is -0.212. The SMILES string of the molecule is C=CCC(O)(CC=C)C(CCSC)NC(=S)NC(=O)/C=C/c1ccc(OC)cc1. The molecule has 0 saturated carbocycles. The van der Waals surface area contributed by atoms with E-state index in [0.717, 1.165) is 17.1 Å². The van der Waals surface area contributed by atoms with Crippen molar-refractivity contribution in [2.24, 2.45) is 0 Å². The highest BCUT2D eigenvalue weighted by Crippen LogP contribution is 2.24. The monoisotopic (exact) mass is 434 g/mol. The summed E-state index contributed by atoms with van der Waals surface area (Å²) in [6, 6.07) is 7.00. The van der Waals surface area contributed by atoms with Gasteiger partial charge in [0.15, 0.2) is 5.11 Å². The average molecular weight is 435 g/mol. The van der Waals surface area contributed by atoms with E-state index in [1.165, 1.54) is 6.08 Å². The normalized spacial score (nSPS) is 12.2. The predicted octanol–water partition coefficient (Wildman–Crippen LogP) is 3.70. The van der Waals surface area contributed by atoms with Gasteiger partial charge in [-0.15, -0.1) is 13.2 Å². The first kappa shape index (κ1) is 24.9. The lowest BCUT2D eigenvalue weighted by Gasteiger charge is -2.36. The molecule has 0 heterocycles. The molecule has 0 fully saturated rings. The Labute approximate surface area is 183 Å². The molecular formula is C22H30N2O3S2. The summed E-state index contributed by atoms with van der Waals surface area (Å²) >= 11 is 6.97. The van der Waals surface area contributed by atoms with Crippen LogP contribution in [0.3, 0.4) is 0 Å². The van der Waals surface area contributed by atoms with E-state index in [-0.39, 0.29) is 17.1 Å². The average Bonchev–Trinajstić information content (AvgIpc) is 2.70. The highest BCUT2D eigenvalue weighted by atomic mass is 32.2. The Morgan fingerprint density at radius 3 is 2.45 bits per heavy atom. The number of hydrogen-bond acceptors (Lipinski definition) is 5. The molecule has 0 aliphatic carbocycles. The van der Waals surface area contributed by atoms with Crippen molar-refractivity contribution in [1.29, 1.82) is 0 Å². The maximum atomic E-state index is 12.2. The van der Waals surface area contributed by atoms with Crippen LogP contribution < -0.4 is 15.4 Å². The van der Waals surface area contributed by atoms with E-state index in [9.17, 15) is 9.90 Å². The third-order valence-electron chi connectivity index (χ3n) is 4.34. The number of nitrogens with one attached hydrogen (secondary N) is 2. The van der Waals surface area contributed by atoms with Gasteiger partial charge in [0.05, 0.1) is 18.8 Å². The number of thiocarbonyl (C=S) groups is 1. The minimum Gasteiger partial charge on any atom is -0.497 e. The number of aliphatic hydroxyl groups is 1. The van der Waals surface area contributed by atoms with Gasteiger partial charge in [-0.05, 0) is 67.3 Å². The molecule has 0 radical (unpaired) electrons. The van der Waals surface area contributed by atoms with E-state index in [4.69, 9.17) is 17.0 Å². The van der Waals surface area contributed by atoms with Crippen LogP contribution in [0.1, 0.15) is 24.8 Å². The summed E-state index contributed by atoms with van der Waals surface area (Å²) in [4.78, 5) is 12.2. The van der Waals surface area contributed by atoms with Crippen molar-refractivity contribution < 1.29 is 14.6 Å². The van der Waals surface area contributed by atoms with Gasteiger partial charge in [-0.1, -0.05) is 24.3 Å². The van der Waals surface area contributed by atoms with Crippen LogP contribution in [0.2, 0.25) is 0 Å². The lowest BCUT2D eigenvalue weighted by atomic mass is 9.85. The van der Waals surface area contributed by atoms with Crippen LogP contribution in [0.5, 0.6) is 5.75 Å². The van der Waals surface area contributed by atoms with E-state index in [1.54, 1.807) is 37.1 Å². The van der Waals surface area contributed by atoms with E-state index in [1.807, 2.05) is 30.5 Å². The molecule has 1 rings (SSSR count). The molecule has 5 nitrogen and oxygen atoms in total. The molecule has 0 saturated heterocycles. The Kier molecular flexibility index (Phi) is 11.3. The van der Waals surface area contributed by atoms with Gasteiger partial charge < -0.3 is 15.2 Å². The Morgan fingerprint density at radius 2 is 1.93 bits per heavy atom. The van der Waals surface area contributed by atoms with Gasteiger partial charge in [-0.3, -0.25) is 10.1 Å². The number of hydrogen-bond donors (Lipinski definition) is 3. The first-order chi connectivity index (χ1) is 13.9. The zero-order valence-corrected chi connectivity index (χ0v) is 18.7. The molecule has 158 valence electrons. The van der Waals surface area contributed by atoms with Crippen LogP contribution in [-0.2, 0) is 4.79 Å². The summed E-state index contributed by atoms with van der Waals surface area (Å²) in [5, 5.41) is 17.0. The Morgan fingerprint density at radius 1 is 1.31 bits per heavy atom. The molecule has 0 aromatic heterocycles. The molecule has 0 spiro atoms. The minimum atomic E-state index is -1.08. The Hall–Kier alpha value is -2.09. The van der Waals surface area contributed by atoms with Crippen LogP contribution >= 0.6 is 24.0 Å². The number of carbonyl (C=O) groups excluding carboxylic acids is 1. The Balaban J connectivity index is 2.74. The molecule has 1 aromatic carbocycles. The van der Waals surface area contributed by atoms with Crippen LogP contribution in [-0.4, -0.2) is 46.9 Å². The summed E-state index contributed by atoms with van der Waals surface area (Å²) in [7, 11) is 1.60. The molecule has 1 aromatic rings. The Bertz CT molecular complexity index is 707. The second-order valence-electron chi connectivity index (χ2n) is 6.49. The summed E-state index contributed by atoms with van der Waals surface area (Å²) in [6.45, 7) is 7.47. The standard InChI is InChI=1S/C22H30N2O3S2/c1-5-14-22(26,15-6-2)19(13-16-29-4)23-21(28)24-20(25)12-9-17-7-10-18(27-3)11-8-17/h5-12,19,26H,1-2,13-16H2,3-4H3,(H2,23,24,25,28)/b12-9+. The first-order valence-electron chi connectivity index (χ1n) is 9.25. The number of amides is 1. The number of ether oxygens (including phenoxy) is 1. The second-order valence-corrected chi connectivity index (χ2v) is 7.89. The van der Waals surface area contributed by atoms with Gasteiger partial charge in [0.1, 0.15) is 5.75 Å². The molecule has 0 aliphatic heterocycles. The summed E-state index contributed by atoms with van der Waals surface area (Å²) < 4.78 is 5.11. The van der Waals surface area contributed by atoms with Crippen LogP contribution in [0.25, 0.3) is 6.08 Å². The van der Waals surface area contributed by atoms with Crippen LogP contribution in [0.4, 0.5) is 0 Å². The number of carbonyl (C=O) groups is 1. The number of benzene rings is 1. The van der Waals surface area contributed by atoms with Gasteiger partial charge in [0.2, 0.25) is 5.91 Å². The third-order valence-corrected chi connectivity index (χ3v) is 5.20. The summed E-state index contributed by atoms with van der Waals surface area (Å²) in [6.07, 6.45) is 9.91. The van der Waals surface area contributed by atoms with E-state index < -0.39 is 5.60 Å². The van der Waals surface area contributed by atoms with Gasteiger partial charge >= 0.3 is 0 Å². The molecule has 0 aliphatic rings. The van der Waals surface area contributed by atoms with Crippen molar-refractivity contribution in [1.82, 2.24) is 10.6 Å². The van der Waals surface area contributed by atoms with Crippen molar-refractivity contribution in [3.8, 4) is 5.75 Å². The molecule has 7 heteroatoms. The van der Waals surface area contributed by atoms with E-state index >= 15 is 0 Å². The largest absolute Gasteiger partial charge is 0.497 e. The van der Waals surface area contributed by atoms with Crippen molar-refractivity contribution in [2.45, 2.75) is 30.9 Å². The fraction of sp³-hybridized carbons (Fsp3) is 0.364. The topological polar surface area (TPSA) is 70.6 Å². The van der Waals surface area contributed by atoms with Gasteiger partial charge in [-0.2, -0.15) is 11.8 Å². The van der Waals surface area contributed by atoms with Gasteiger partial charge in [0, 0.05) is 6.08 Å². The molecule has 29 heavy (non-hydrogen) atoms. The fourth-order valence-electron chi connectivity index (χ4n) is 2.81. The van der Waals surface area contributed by atoms with Crippen molar-refractivity contribution in [3.05, 3.63) is 61.2 Å². The number of thioether (sulfide) groups is 1. The fourth-order valence-corrected chi connectivity index (χ4v) is 3.53. The number of methoxy groups -OCH3 is 1. The molecule has 1 amide bonds. The zero-order valence-electron chi connectivity index (χ0n) is 17.0. The lowest BCUT2D eigenvalue weighted by molar-refractivity contribution is -0.115. The molecule has 1 atom stereocenters. The molecule has 3 N–H and O–H groups in total. The van der Waals surface area contributed by atoms with Gasteiger partial charge in [0.25, 0.3) is 0 Å². The second kappa shape index (κ2) is 13.2. The maximum Gasteiger partial charge on any atom is 0.250 e. The minimum absolute atomic E-state index is 0.173. The van der Waals surface area contributed by atoms with E-state index in [0.29, 0.717) is 19.3 Å². The highest BCUT2D eigenvalue weighted by molar-refractivity contribution is 7.98. The smallest absolute Gasteiger partial charge is 0.250 e.